The molecule has 3 nitrogen and oxygen atoms in total. The first-order valence-corrected chi connectivity index (χ1v) is 7.24. The van der Waals surface area contributed by atoms with Crippen LogP contribution in [-0.4, -0.2) is 10.8 Å². The number of rotatable bonds is 1. The van der Waals surface area contributed by atoms with Gasteiger partial charge in [0.1, 0.15) is 0 Å². The quantitative estimate of drug-likeness (QED) is 0.790. The molecule has 0 spiro atoms. The van der Waals surface area contributed by atoms with Gasteiger partial charge in [-0.1, -0.05) is 28.1 Å². The lowest BCUT2D eigenvalue weighted by Crippen LogP contribution is -2.27. The number of nitriles is 1. The maximum atomic E-state index is 12.5. The standard InChI is InChI=1S/C17H11BrN2O/c18-16-5-4-13-6-7-20(11-15(13)9-16)17(21)14-3-1-2-12(8-14)10-19/h1-9H,11H2. The van der Waals surface area contributed by atoms with Gasteiger partial charge in [-0.2, -0.15) is 5.26 Å². The van der Waals surface area contributed by atoms with Crippen molar-refractivity contribution in [2.24, 2.45) is 0 Å². The molecule has 0 unspecified atom stereocenters. The number of benzene rings is 2. The fourth-order valence-corrected chi connectivity index (χ4v) is 2.72. The SMILES string of the molecule is N#Cc1cccc(C(=O)N2C=Cc3ccc(Br)cc3C2)c1. The van der Waals surface area contributed by atoms with Gasteiger partial charge >= 0.3 is 0 Å². The van der Waals surface area contributed by atoms with E-state index in [-0.39, 0.29) is 5.91 Å². The third-order valence-corrected chi connectivity index (χ3v) is 3.87. The number of carbonyl (C=O) groups excluding carboxylic acids is 1. The van der Waals surface area contributed by atoms with E-state index in [2.05, 4.69) is 22.0 Å². The summed E-state index contributed by atoms with van der Waals surface area (Å²) in [7, 11) is 0. The van der Waals surface area contributed by atoms with Gasteiger partial charge in [-0.05, 0) is 47.5 Å². The van der Waals surface area contributed by atoms with E-state index in [1.165, 1.54) is 0 Å². The molecule has 0 fully saturated rings. The molecule has 0 aromatic heterocycles. The second-order valence-corrected chi connectivity index (χ2v) is 5.70. The van der Waals surface area contributed by atoms with Crippen molar-refractivity contribution in [2.45, 2.75) is 6.54 Å². The Labute approximate surface area is 131 Å². The molecule has 1 heterocycles. The first-order chi connectivity index (χ1) is 10.2. The molecule has 0 saturated heterocycles. The minimum absolute atomic E-state index is 0.103. The molecule has 0 atom stereocenters. The monoisotopic (exact) mass is 338 g/mol. The van der Waals surface area contributed by atoms with Gasteiger partial charge in [0.05, 0.1) is 18.2 Å². The summed E-state index contributed by atoms with van der Waals surface area (Å²) in [5.41, 5.74) is 3.23. The molecule has 2 aromatic carbocycles. The molecule has 0 N–H and O–H groups in total. The lowest BCUT2D eigenvalue weighted by atomic mass is 10.0. The number of nitrogens with zero attached hydrogens (tertiary/aromatic N) is 2. The average molecular weight is 339 g/mol. The van der Waals surface area contributed by atoms with Crippen molar-refractivity contribution in [3.8, 4) is 6.07 Å². The van der Waals surface area contributed by atoms with Crippen molar-refractivity contribution < 1.29 is 4.79 Å². The van der Waals surface area contributed by atoms with Crippen LogP contribution in [0.3, 0.4) is 0 Å². The molecule has 0 radical (unpaired) electrons. The molecule has 0 bridgehead atoms. The zero-order valence-corrected chi connectivity index (χ0v) is 12.7. The van der Waals surface area contributed by atoms with E-state index >= 15 is 0 Å². The summed E-state index contributed by atoms with van der Waals surface area (Å²) >= 11 is 3.45. The summed E-state index contributed by atoms with van der Waals surface area (Å²) in [6.07, 6.45) is 3.72. The Kier molecular flexibility index (Phi) is 3.59. The van der Waals surface area contributed by atoms with Crippen LogP contribution in [0.4, 0.5) is 0 Å². The van der Waals surface area contributed by atoms with Crippen LogP contribution >= 0.6 is 15.9 Å². The largest absolute Gasteiger partial charge is 0.311 e. The Hall–Kier alpha value is -2.38. The second kappa shape index (κ2) is 5.55. The Balaban J connectivity index is 1.89. The lowest BCUT2D eigenvalue weighted by Gasteiger charge is -2.24. The van der Waals surface area contributed by atoms with Crippen molar-refractivity contribution in [2.75, 3.05) is 0 Å². The number of carbonyl (C=O) groups is 1. The first-order valence-electron chi connectivity index (χ1n) is 6.45. The lowest BCUT2D eigenvalue weighted by molar-refractivity contribution is 0.0813. The van der Waals surface area contributed by atoms with Gasteiger partial charge in [0.25, 0.3) is 5.91 Å². The van der Waals surface area contributed by atoms with Gasteiger partial charge in [0.15, 0.2) is 0 Å². The molecule has 4 heteroatoms. The third-order valence-electron chi connectivity index (χ3n) is 3.38. The fraction of sp³-hybridized carbons (Fsp3) is 0.0588. The summed E-state index contributed by atoms with van der Waals surface area (Å²) in [4.78, 5) is 14.2. The van der Waals surface area contributed by atoms with Crippen molar-refractivity contribution in [1.82, 2.24) is 4.90 Å². The topological polar surface area (TPSA) is 44.1 Å². The van der Waals surface area contributed by atoms with Gasteiger partial charge in [-0.25, -0.2) is 0 Å². The van der Waals surface area contributed by atoms with Gasteiger partial charge in [-0.3, -0.25) is 4.79 Å². The van der Waals surface area contributed by atoms with Gasteiger partial charge in [0.2, 0.25) is 0 Å². The van der Waals surface area contributed by atoms with Crippen molar-refractivity contribution >= 4 is 27.9 Å². The van der Waals surface area contributed by atoms with E-state index < -0.39 is 0 Å². The molecule has 1 amide bonds. The molecular formula is C17H11BrN2O. The molecule has 3 rings (SSSR count). The highest BCUT2D eigenvalue weighted by Gasteiger charge is 2.18. The summed E-state index contributed by atoms with van der Waals surface area (Å²) in [6.45, 7) is 0.529. The summed E-state index contributed by atoms with van der Waals surface area (Å²) in [5.74, 6) is -0.103. The predicted octanol–water partition coefficient (Wildman–Crippen LogP) is 3.95. The normalized spacial score (nSPS) is 12.7. The number of hydrogen-bond donors (Lipinski definition) is 0. The van der Waals surface area contributed by atoms with E-state index in [4.69, 9.17) is 5.26 Å². The molecule has 2 aromatic rings. The van der Waals surface area contributed by atoms with Gasteiger partial charge in [0, 0.05) is 16.2 Å². The Bertz CT molecular complexity index is 790. The molecule has 21 heavy (non-hydrogen) atoms. The Morgan fingerprint density at radius 1 is 1.24 bits per heavy atom. The van der Waals surface area contributed by atoms with Crippen LogP contribution in [0.5, 0.6) is 0 Å². The molecule has 1 aliphatic heterocycles. The summed E-state index contributed by atoms with van der Waals surface area (Å²) in [6, 6.07) is 14.8. The molecule has 0 saturated carbocycles. The van der Waals surface area contributed by atoms with E-state index in [1.807, 2.05) is 24.3 Å². The maximum Gasteiger partial charge on any atom is 0.258 e. The van der Waals surface area contributed by atoms with E-state index in [0.717, 1.165) is 15.6 Å². The molecular weight excluding hydrogens is 328 g/mol. The highest BCUT2D eigenvalue weighted by atomic mass is 79.9. The van der Waals surface area contributed by atoms with Crippen molar-refractivity contribution in [1.29, 1.82) is 5.26 Å². The number of amides is 1. The Morgan fingerprint density at radius 3 is 2.90 bits per heavy atom. The summed E-state index contributed by atoms with van der Waals surface area (Å²) < 4.78 is 0.996. The van der Waals surface area contributed by atoms with Crippen LogP contribution in [0, 0.1) is 11.3 Å². The van der Waals surface area contributed by atoms with Gasteiger partial charge in [-0.15, -0.1) is 0 Å². The van der Waals surface area contributed by atoms with Crippen LogP contribution in [0.2, 0.25) is 0 Å². The smallest absolute Gasteiger partial charge is 0.258 e. The number of halogens is 1. The fourth-order valence-electron chi connectivity index (χ4n) is 2.31. The zero-order chi connectivity index (χ0) is 14.8. The number of fused-ring (bicyclic) bond motifs is 1. The van der Waals surface area contributed by atoms with Crippen molar-refractivity contribution in [3.63, 3.8) is 0 Å². The maximum absolute atomic E-state index is 12.5. The van der Waals surface area contributed by atoms with Crippen molar-refractivity contribution in [3.05, 3.63) is 75.4 Å². The minimum Gasteiger partial charge on any atom is -0.311 e. The zero-order valence-electron chi connectivity index (χ0n) is 11.1. The van der Waals surface area contributed by atoms with Gasteiger partial charge < -0.3 is 4.90 Å². The predicted molar refractivity (Wildman–Crippen MR) is 84.2 cm³/mol. The molecule has 102 valence electrons. The minimum atomic E-state index is -0.103. The molecule has 1 aliphatic rings. The van der Waals surface area contributed by atoms with Crippen LogP contribution in [0.15, 0.2) is 53.1 Å². The second-order valence-electron chi connectivity index (χ2n) is 4.78. The summed E-state index contributed by atoms with van der Waals surface area (Å²) in [5, 5.41) is 8.92. The Morgan fingerprint density at radius 2 is 2.10 bits per heavy atom. The van der Waals surface area contributed by atoms with Crippen LogP contribution < -0.4 is 0 Å². The van der Waals surface area contributed by atoms with E-state index in [1.54, 1.807) is 35.4 Å². The van der Waals surface area contributed by atoms with E-state index in [9.17, 15) is 4.79 Å². The van der Waals surface area contributed by atoms with E-state index in [0.29, 0.717) is 17.7 Å². The van der Waals surface area contributed by atoms with Crippen LogP contribution in [0.25, 0.3) is 6.08 Å². The third kappa shape index (κ3) is 2.74. The highest BCUT2D eigenvalue weighted by molar-refractivity contribution is 9.10. The number of hydrogen-bond acceptors (Lipinski definition) is 2. The average Bonchev–Trinajstić information content (AvgIpc) is 2.53. The highest BCUT2D eigenvalue weighted by Crippen LogP contribution is 2.24. The first kappa shape index (κ1) is 13.6. The van der Waals surface area contributed by atoms with Crippen LogP contribution in [0.1, 0.15) is 27.0 Å². The van der Waals surface area contributed by atoms with Crippen LogP contribution in [-0.2, 0) is 6.54 Å². The molecule has 0 aliphatic carbocycles.